The summed E-state index contributed by atoms with van der Waals surface area (Å²) < 4.78 is 0. The lowest BCUT2D eigenvalue weighted by Gasteiger charge is -2.21. The van der Waals surface area contributed by atoms with Gasteiger partial charge in [-0.3, -0.25) is 0 Å². The highest BCUT2D eigenvalue weighted by Crippen LogP contribution is 2.45. The molecule has 1 heteroatoms. The number of allylic oxidation sites excluding steroid dienone is 1. The average molecular weight is 176 g/mol. The Balaban J connectivity index is 1.91. The van der Waals surface area contributed by atoms with Gasteiger partial charge in [0.25, 0.3) is 0 Å². The van der Waals surface area contributed by atoms with Crippen LogP contribution >= 0.6 is 0 Å². The Morgan fingerprint density at radius 2 is 1.92 bits per heavy atom. The summed E-state index contributed by atoms with van der Waals surface area (Å²) >= 11 is 0. The van der Waals surface area contributed by atoms with E-state index in [1.54, 1.807) is 0 Å². The molecule has 0 amide bonds. The van der Waals surface area contributed by atoms with E-state index in [0.29, 0.717) is 0 Å². The Bertz CT molecular complexity index is 170. The first-order valence-electron chi connectivity index (χ1n) is 6.02. The topological polar surface area (TPSA) is 0 Å². The van der Waals surface area contributed by atoms with Gasteiger partial charge in [-0.1, -0.05) is 62.6 Å². The minimum atomic E-state index is 1.00. The van der Waals surface area contributed by atoms with Crippen LogP contribution < -0.4 is 0 Å². The molecule has 1 unspecified atom stereocenters. The van der Waals surface area contributed by atoms with E-state index in [1.165, 1.54) is 51.3 Å². The summed E-state index contributed by atoms with van der Waals surface area (Å²) in [5.41, 5.74) is 0. The summed E-state index contributed by atoms with van der Waals surface area (Å²) in [7, 11) is 0. The summed E-state index contributed by atoms with van der Waals surface area (Å²) in [5, 5.41) is 0. The Hall–Kier alpha value is -0.195. The van der Waals surface area contributed by atoms with Crippen molar-refractivity contribution in [1.82, 2.24) is 0 Å². The molecule has 1 atom stereocenters. The van der Waals surface area contributed by atoms with Gasteiger partial charge in [0.1, 0.15) is 6.71 Å². The van der Waals surface area contributed by atoms with Crippen LogP contribution in [0.1, 0.15) is 44.9 Å². The van der Waals surface area contributed by atoms with Crippen molar-refractivity contribution in [1.29, 1.82) is 0 Å². The Morgan fingerprint density at radius 3 is 2.62 bits per heavy atom. The monoisotopic (exact) mass is 176 g/mol. The molecule has 0 bridgehead atoms. The maximum Gasteiger partial charge on any atom is 0.146 e. The maximum atomic E-state index is 3.89. The van der Waals surface area contributed by atoms with Gasteiger partial charge in [0.2, 0.25) is 0 Å². The SMILES string of the molecule is C=CCC1CCCB1C1CCCC1. The average Bonchev–Trinajstić information content (AvgIpc) is 2.71. The molecule has 2 fully saturated rings. The van der Waals surface area contributed by atoms with Crippen LogP contribution in [-0.4, -0.2) is 6.71 Å². The van der Waals surface area contributed by atoms with Crippen molar-refractivity contribution < 1.29 is 0 Å². The molecule has 0 N–H and O–H groups in total. The molecule has 0 nitrogen and oxygen atoms in total. The fourth-order valence-corrected chi connectivity index (χ4v) is 3.58. The van der Waals surface area contributed by atoms with Gasteiger partial charge in [0, 0.05) is 0 Å². The van der Waals surface area contributed by atoms with Gasteiger partial charge >= 0.3 is 0 Å². The fourth-order valence-electron chi connectivity index (χ4n) is 3.58. The van der Waals surface area contributed by atoms with Crippen LogP contribution in [0.3, 0.4) is 0 Å². The third-order valence-electron chi connectivity index (χ3n) is 4.19. The van der Waals surface area contributed by atoms with Crippen molar-refractivity contribution >= 4 is 6.71 Å². The predicted octanol–water partition coefficient (Wildman–Crippen LogP) is 4.17. The van der Waals surface area contributed by atoms with E-state index in [2.05, 4.69) is 12.7 Å². The van der Waals surface area contributed by atoms with E-state index in [0.717, 1.165) is 18.3 Å². The molecule has 0 radical (unpaired) electrons. The minimum Gasteiger partial charge on any atom is -0.103 e. The molecule has 13 heavy (non-hydrogen) atoms. The smallest absolute Gasteiger partial charge is 0.103 e. The van der Waals surface area contributed by atoms with Gasteiger partial charge in [-0.15, -0.1) is 6.58 Å². The van der Waals surface area contributed by atoms with Gasteiger partial charge in [-0.2, -0.15) is 0 Å². The molecule has 1 aliphatic heterocycles. The minimum absolute atomic E-state index is 1.00. The second-order valence-electron chi connectivity index (χ2n) is 4.92. The zero-order valence-corrected chi connectivity index (χ0v) is 8.67. The highest BCUT2D eigenvalue weighted by molar-refractivity contribution is 6.63. The third kappa shape index (κ3) is 2.00. The molecule has 2 aliphatic rings. The largest absolute Gasteiger partial charge is 0.146 e. The maximum absolute atomic E-state index is 3.89. The molecular weight excluding hydrogens is 155 g/mol. The van der Waals surface area contributed by atoms with E-state index in [4.69, 9.17) is 0 Å². The van der Waals surface area contributed by atoms with Crippen LogP contribution in [-0.2, 0) is 0 Å². The summed E-state index contributed by atoms with van der Waals surface area (Å²) in [6.45, 7) is 4.96. The molecule has 72 valence electrons. The number of hydrogen-bond acceptors (Lipinski definition) is 0. The zero-order chi connectivity index (χ0) is 9.10. The molecule has 0 spiro atoms. The van der Waals surface area contributed by atoms with Gasteiger partial charge < -0.3 is 0 Å². The van der Waals surface area contributed by atoms with Crippen molar-refractivity contribution in [3.63, 3.8) is 0 Å². The van der Waals surface area contributed by atoms with Crippen LogP contribution in [0.4, 0.5) is 0 Å². The Labute approximate surface area is 82.9 Å². The van der Waals surface area contributed by atoms with Gasteiger partial charge in [-0.25, -0.2) is 0 Å². The van der Waals surface area contributed by atoms with Crippen LogP contribution in [0, 0.1) is 0 Å². The summed E-state index contributed by atoms with van der Waals surface area (Å²) in [4.78, 5) is 0. The molecule has 1 saturated carbocycles. The first kappa shape index (κ1) is 9.36. The van der Waals surface area contributed by atoms with Crippen molar-refractivity contribution in [3.05, 3.63) is 12.7 Å². The quantitative estimate of drug-likeness (QED) is 0.447. The van der Waals surface area contributed by atoms with Crippen molar-refractivity contribution in [2.45, 2.75) is 62.9 Å². The standard InChI is InChI=1S/C12H21B/c1-2-6-11-9-5-10-13(11)12-7-3-4-8-12/h2,11-12H,1,3-10H2. The van der Waals surface area contributed by atoms with Crippen LogP contribution in [0.5, 0.6) is 0 Å². The van der Waals surface area contributed by atoms with Gasteiger partial charge in [-0.05, 0) is 6.42 Å². The lowest BCUT2D eigenvalue weighted by Crippen LogP contribution is -2.19. The van der Waals surface area contributed by atoms with Crippen LogP contribution in [0.25, 0.3) is 0 Å². The van der Waals surface area contributed by atoms with Crippen LogP contribution in [0.15, 0.2) is 12.7 Å². The van der Waals surface area contributed by atoms with E-state index < -0.39 is 0 Å². The summed E-state index contributed by atoms with van der Waals surface area (Å²) in [5.74, 6) is 2.09. The molecule has 0 aromatic rings. The second kappa shape index (κ2) is 4.35. The Morgan fingerprint density at radius 1 is 1.15 bits per heavy atom. The van der Waals surface area contributed by atoms with E-state index in [9.17, 15) is 0 Å². The van der Waals surface area contributed by atoms with E-state index in [1.807, 2.05) is 0 Å². The van der Waals surface area contributed by atoms with E-state index in [-0.39, 0.29) is 0 Å². The van der Waals surface area contributed by atoms with Gasteiger partial charge in [0.15, 0.2) is 0 Å². The molecule has 1 heterocycles. The summed E-state index contributed by atoms with van der Waals surface area (Å²) in [6.07, 6.45) is 14.0. The lowest BCUT2D eigenvalue weighted by atomic mass is 9.34. The summed E-state index contributed by atoms with van der Waals surface area (Å²) in [6, 6.07) is 0. The molecule has 0 aromatic carbocycles. The molecule has 1 aliphatic carbocycles. The zero-order valence-electron chi connectivity index (χ0n) is 8.67. The third-order valence-corrected chi connectivity index (χ3v) is 4.19. The fraction of sp³-hybridized carbons (Fsp3) is 0.833. The first-order chi connectivity index (χ1) is 6.42. The molecular formula is C12H21B. The Kier molecular flexibility index (Phi) is 3.13. The molecule has 0 aromatic heterocycles. The highest BCUT2D eigenvalue weighted by Gasteiger charge is 2.36. The highest BCUT2D eigenvalue weighted by atomic mass is 14.2. The number of rotatable bonds is 3. The predicted molar refractivity (Wildman–Crippen MR) is 60.6 cm³/mol. The number of hydrogen-bond donors (Lipinski definition) is 0. The lowest BCUT2D eigenvalue weighted by molar-refractivity contribution is 0.752. The normalized spacial score (nSPS) is 29.8. The van der Waals surface area contributed by atoms with E-state index >= 15 is 0 Å². The molecule has 1 saturated heterocycles. The van der Waals surface area contributed by atoms with Crippen LogP contribution in [0.2, 0.25) is 18.0 Å². The van der Waals surface area contributed by atoms with Crippen molar-refractivity contribution in [2.75, 3.05) is 0 Å². The first-order valence-corrected chi connectivity index (χ1v) is 6.02. The molecule has 2 rings (SSSR count). The van der Waals surface area contributed by atoms with Crippen molar-refractivity contribution in [2.24, 2.45) is 0 Å². The second-order valence-corrected chi connectivity index (χ2v) is 4.92. The van der Waals surface area contributed by atoms with Crippen molar-refractivity contribution in [3.8, 4) is 0 Å². The van der Waals surface area contributed by atoms with Gasteiger partial charge in [0.05, 0.1) is 0 Å².